The van der Waals surface area contributed by atoms with Crippen molar-refractivity contribution in [1.29, 1.82) is 5.26 Å². The van der Waals surface area contributed by atoms with Crippen LogP contribution in [-0.2, 0) is 0 Å². The summed E-state index contributed by atoms with van der Waals surface area (Å²) in [5, 5.41) is 14.6. The van der Waals surface area contributed by atoms with Gasteiger partial charge in [0.25, 0.3) is 0 Å². The first kappa shape index (κ1) is 13.0. The molecular formula is C16H16N6. The van der Waals surface area contributed by atoms with E-state index in [4.69, 9.17) is 5.26 Å². The molecule has 0 aliphatic heterocycles. The second-order valence-corrected chi connectivity index (χ2v) is 5.79. The highest BCUT2D eigenvalue weighted by Gasteiger charge is 2.29. The van der Waals surface area contributed by atoms with E-state index >= 15 is 0 Å². The lowest BCUT2D eigenvalue weighted by molar-refractivity contribution is 0.199. The monoisotopic (exact) mass is 292 g/mol. The van der Waals surface area contributed by atoms with Crippen molar-refractivity contribution >= 4 is 11.0 Å². The van der Waals surface area contributed by atoms with Crippen molar-refractivity contribution in [3.63, 3.8) is 0 Å². The number of hydrogen-bond acceptors (Lipinski definition) is 4. The van der Waals surface area contributed by atoms with E-state index in [-0.39, 0.29) is 6.04 Å². The molecule has 0 radical (unpaired) electrons. The summed E-state index contributed by atoms with van der Waals surface area (Å²) in [6, 6.07) is 4.45. The maximum absolute atomic E-state index is 9.09. The van der Waals surface area contributed by atoms with E-state index in [9.17, 15) is 0 Å². The Morgan fingerprint density at radius 1 is 1.41 bits per heavy atom. The maximum atomic E-state index is 9.09. The van der Waals surface area contributed by atoms with E-state index in [2.05, 4.69) is 26.1 Å². The predicted molar refractivity (Wildman–Crippen MR) is 81.7 cm³/mol. The molecule has 1 aliphatic rings. The van der Waals surface area contributed by atoms with Crippen LogP contribution in [0.5, 0.6) is 0 Å². The average Bonchev–Trinajstić information content (AvgIpc) is 3.13. The van der Waals surface area contributed by atoms with Crippen LogP contribution in [0.1, 0.15) is 31.7 Å². The van der Waals surface area contributed by atoms with E-state index in [0.717, 1.165) is 22.3 Å². The molecule has 3 aromatic heterocycles. The van der Waals surface area contributed by atoms with E-state index in [0.29, 0.717) is 12.3 Å². The van der Waals surface area contributed by atoms with Gasteiger partial charge in [-0.15, -0.1) is 0 Å². The summed E-state index contributed by atoms with van der Waals surface area (Å²) in [5.74, 6) is 0.574. The Balaban J connectivity index is 1.71. The largest absolute Gasteiger partial charge is 0.346 e. The molecule has 6 heteroatoms. The number of aromatic nitrogens is 5. The Bertz CT molecular complexity index is 836. The van der Waals surface area contributed by atoms with E-state index in [1.807, 2.05) is 29.3 Å². The number of rotatable bonds is 4. The van der Waals surface area contributed by atoms with E-state index in [1.165, 1.54) is 19.3 Å². The normalized spacial score (nSPS) is 16.3. The SMILES string of the molecule is N#CCC(C1CCC1)n1cc(-c2ncnc3[nH]ccc23)cn1. The first-order chi connectivity index (χ1) is 10.9. The Hall–Kier alpha value is -2.68. The quantitative estimate of drug-likeness (QED) is 0.801. The van der Waals surface area contributed by atoms with Gasteiger partial charge >= 0.3 is 0 Å². The number of nitrogens with one attached hydrogen (secondary N) is 1. The molecule has 0 spiro atoms. The average molecular weight is 292 g/mol. The summed E-state index contributed by atoms with van der Waals surface area (Å²) in [4.78, 5) is 11.7. The Morgan fingerprint density at radius 2 is 2.32 bits per heavy atom. The van der Waals surface area contributed by atoms with Crippen molar-refractivity contribution in [1.82, 2.24) is 24.7 Å². The first-order valence-corrected chi connectivity index (χ1v) is 7.56. The fourth-order valence-electron chi connectivity index (χ4n) is 3.14. The Labute approximate surface area is 127 Å². The van der Waals surface area contributed by atoms with Crippen LogP contribution in [0, 0.1) is 17.2 Å². The van der Waals surface area contributed by atoms with Gasteiger partial charge in [0.05, 0.1) is 30.4 Å². The fraction of sp³-hybridized carbons (Fsp3) is 0.375. The zero-order chi connectivity index (χ0) is 14.9. The molecule has 0 bridgehead atoms. The lowest BCUT2D eigenvalue weighted by Gasteiger charge is -2.32. The minimum absolute atomic E-state index is 0.177. The molecule has 110 valence electrons. The highest BCUT2D eigenvalue weighted by Crippen LogP contribution is 2.38. The molecule has 6 nitrogen and oxygen atoms in total. The molecule has 1 N–H and O–H groups in total. The number of nitrogens with zero attached hydrogens (tertiary/aromatic N) is 5. The second-order valence-electron chi connectivity index (χ2n) is 5.79. The van der Waals surface area contributed by atoms with Gasteiger partial charge in [0.15, 0.2) is 0 Å². The van der Waals surface area contributed by atoms with Crippen LogP contribution >= 0.6 is 0 Å². The topological polar surface area (TPSA) is 83.2 Å². The van der Waals surface area contributed by atoms with Crippen molar-refractivity contribution in [2.75, 3.05) is 0 Å². The smallest absolute Gasteiger partial charge is 0.141 e. The maximum Gasteiger partial charge on any atom is 0.141 e. The van der Waals surface area contributed by atoms with Gasteiger partial charge < -0.3 is 4.98 Å². The van der Waals surface area contributed by atoms with Crippen molar-refractivity contribution < 1.29 is 0 Å². The van der Waals surface area contributed by atoms with E-state index in [1.54, 1.807) is 6.33 Å². The molecule has 0 aromatic carbocycles. The molecule has 1 atom stereocenters. The van der Waals surface area contributed by atoms with Gasteiger partial charge in [-0.05, 0) is 24.8 Å². The molecule has 3 heterocycles. The number of fused-ring (bicyclic) bond motifs is 1. The van der Waals surface area contributed by atoms with Gasteiger partial charge in [0.1, 0.15) is 12.0 Å². The van der Waals surface area contributed by atoms with Crippen LogP contribution in [0.4, 0.5) is 0 Å². The molecule has 0 saturated heterocycles. The summed E-state index contributed by atoms with van der Waals surface area (Å²) in [6.45, 7) is 0. The molecule has 0 amide bonds. The third kappa shape index (κ3) is 2.06. The zero-order valence-electron chi connectivity index (χ0n) is 12.1. The molecule has 1 unspecified atom stereocenters. The number of nitriles is 1. The van der Waals surface area contributed by atoms with Crippen LogP contribution in [0.15, 0.2) is 31.0 Å². The lowest BCUT2D eigenvalue weighted by Crippen LogP contribution is -2.25. The van der Waals surface area contributed by atoms with Gasteiger partial charge in [-0.25, -0.2) is 9.97 Å². The Kier molecular flexibility index (Phi) is 3.11. The van der Waals surface area contributed by atoms with Crippen LogP contribution < -0.4 is 0 Å². The van der Waals surface area contributed by atoms with Crippen LogP contribution in [0.2, 0.25) is 0 Å². The van der Waals surface area contributed by atoms with Gasteiger partial charge in [-0.1, -0.05) is 6.42 Å². The summed E-state index contributed by atoms with van der Waals surface area (Å²) >= 11 is 0. The minimum Gasteiger partial charge on any atom is -0.346 e. The van der Waals surface area contributed by atoms with Crippen molar-refractivity contribution in [3.8, 4) is 17.3 Å². The fourth-order valence-corrected chi connectivity index (χ4v) is 3.14. The van der Waals surface area contributed by atoms with Crippen molar-refractivity contribution in [2.24, 2.45) is 5.92 Å². The van der Waals surface area contributed by atoms with Crippen LogP contribution in [0.3, 0.4) is 0 Å². The molecule has 22 heavy (non-hydrogen) atoms. The van der Waals surface area contributed by atoms with Gasteiger partial charge in [-0.2, -0.15) is 10.4 Å². The second kappa shape index (κ2) is 5.26. The highest BCUT2D eigenvalue weighted by molar-refractivity contribution is 5.89. The highest BCUT2D eigenvalue weighted by atomic mass is 15.3. The van der Waals surface area contributed by atoms with E-state index < -0.39 is 0 Å². The lowest BCUT2D eigenvalue weighted by atomic mass is 9.79. The number of H-pyrrole nitrogens is 1. The molecular weight excluding hydrogens is 276 g/mol. The third-order valence-corrected chi connectivity index (χ3v) is 4.56. The summed E-state index contributed by atoms with van der Waals surface area (Å²) in [5.41, 5.74) is 2.67. The van der Waals surface area contributed by atoms with Crippen molar-refractivity contribution in [3.05, 3.63) is 31.0 Å². The molecule has 4 rings (SSSR count). The molecule has 1 aliphatic carbocycles. The summed E-state index contributed by atoms with van der Waals surface area (Å²) in [7, 11) is 0. The summed E-state index contributed by atoms with van der Waals surface area (Å²) < 4.78 is 1.95. The van der Waals surface area contributed by atoms with Crippen LogP contribution in [0.25, 0.3) is 22.3 Å². The molecule has 3 aromatic rings. The zero-order valence-corrected chi connectivity index (χ0v) is 12.1. The van der Waals surface area contributed by atoms with Gasteiger partial charge in [0, 0.05) is 23.3 Å². The number of hydrogen-bond donors (Lipinski definition) is 1. The minimum atomic E-state index is 0.177. The third-order valence-electron chi connectivity index (χ3n) is 4.56. The standard InChI is InChI=1S/C16H16N6/c17-6-4-14(11-2-1-3-11)22-9-12(8-21-22)15-13-5-7-18-16(13)20-10-19-15/h5,7-11,14H,1-4H2,(H,18,19,20). The Morgan fingerprint density at radius 3 is 3.09 bits per heavy atom. The first-order valence-electron chi connectivity index (χ1n) is 7.56. The van der Waals surface area contributed by atoms with Crippen LogP contribution in [-0.4, -0.2) is 24.7 Å². The predicted octanol–water partition coefficient (Wildman–Crippen LogP) is 3.08. The number of aromatic amines is 1. The van der Waals surface area contributed by atoms with Gasteiger partial charge in [-0.3, -0.25) is 4.68 Å². The van der Waals surface area contributed by atoms with Gasteiger partial charge in [0.2, 0.25) is 0 Å². The molecule has 1 saturated carbocycles. The van der Waals surface area contributed by atoms with Crippen molar-refractivity contribution in [2.45, 2.75) is 31.7 Å². The molecule has 1 fully saturated rings. The summed E-state index contributed by atoms with van der Waals surface area (Å²) in [6.07, 6.45) is 11.4.